The zero-order valence-electron chi connectivity index (χ0n) is 10.0. The fourth-order valence-electron chi connectivity index (χ4n) is 1.56. The van der Waals surface area contributed by atoms with Crippen LogP contribution in [0.1, 0.15) is 34.1 Å². The van der Waals surface area contributed by atoms with E-state index in [0.29, 0.717) is 6.42 Å². The van der Waals surface area contributed by atoms with Gasteiger partial charge < -0.3 is 9.64 Å². The van der Waals surface area contributed by atoms with Crippen molar-refractivity contribution in [1.29, 1.82) is 0 Å². The van der Waals surface area contributed by atoms with Gasteiger partial charge in [0.15, 0.2) is 0 Å². The number of Topliss-reactive ketones (excluding diaryl/α,β-unsaturated/α-hetero) is 1. The van der Waals surface area contributed by atoms with Gasteiger partial charge in [0.2, 0.25) is 0 Å². The molecule has 0 bridgehead atoms. The third kappa shape index (κ3) is 2.70. The average Bonchev–Trinajstić information content (AvgIpc) is 2.09. The molecule has 0 saturated heterocycles. The van der Waals surface area contributed by atoms with Crippen LogP contribution in [0.15, 0.2) is 0 Å². The van der Waals surface area contributed by atoms with Crippen molar-refractivity contribution in [3.05, 3.63) is 0 Å². The summed E-state index contributed by atoms with van der Waals surface area (Å²) in [5, 5.41) is 0. The predicted octanol–water partition coefficient (Wildman–Crippen LogP) is 1.83. The predicted molar refractivity (Wildman–Crippen MR) is 56.6 cm³/mol. The maximum atomic E-state index is 11.6. The molecule has 0 spiro atoms. The van der Waals surface area contributed by atoms with Gasteiger partial charge in [-0.25, -0.2) is 4.79 Å². The second kappa shape index (κ2) is 3.83. The number of rotatable bonds is 1. The zero-order valence-corrected chi connectivity index (χ0v) is 10.0. The van der Waals surface area contributed by atoms with Crippen molar-refractivity contribution in [2.24, 2.45) is 5.92 Å². The Kier molecular flexibility index (Phi) is 3.07. The Bertz CT molecular complexity index is 280. The van der Waals surface area contributed by atoms with Crippen LogP contribution in [-0.4, -0.2) is 35.5 Å². The van der Waals surface area contributed by atoms with Crippen LogP contribution >= 0.6 is 0 Å². The van der Waals surface area contributed by atoms with E-state index in [1.165, 1.54) is 4.90 Å². The Balaban J connectivity index is 2.51. The van der Waals surface area contributed by atoms with Gasteiger partial charge in [-0.2, -0.15) is 0 Å². The summed E-state index contributed by atoms with van der Waals surface area (Å²) >= 11 is 0. The lowest BCUT2D eigenvalue weighted by atomic mass is 9.79. The van der Waals surface area contributed by atoms with Gasteiger partial charge in [0.25, 0.3) is 0 Å². The minimum Gasteiger partial charge on any atom is -0.444 e. The molecule has 1 fully saturated rings. The molecule has 1 aliphatic carbocycles. The number of nitrogens with zero attached hydrogens (tertiary/aromatic N) is 1. The molecule has 4 nitrogen and oxygen atoms in total. The van der Waals surface area contributed by atoms with Gasteiger partial charge in [-0.15, -0.1) is 0 Å². The van der Waals surface area contributed by atoms with Gasteiger partial charge in [-0.3, -0.25) is 4.79 Å². The molecule has 0 aliphatic heterocycles. The maximum Gasteiger partial charge on any atom is 0.410 e. The first kappa shape index (κ1) is 12.0. The molecule has 2 atom stereocenters. The number of carbonyl (C=O) groups is 2. The van der Waals surface area contributed by atoms with Crippen LogP contribution in [0, 0.1) is 5.92 Å². The van der Waals surface area contributed by atoms with Gasteiger partial charge in [0.1, 0.15) is 11.4 Å². The van der Waals surface area contributed by atoms with Crippen molar-refractivity contribution in [2.45, 2.75) is 45.8 Å². The number of hydrogen-bond acceptors (Lipinski definition) is 3. The van der Waals surface area contributed by atoms with Gasteiger partial charge in [0.05, 0.1) is 6.04 Å². The van der Waals surface area contributed by atoms with Gasteiger partial charge in [0, 0.05) is 19.4 Å². The van der Waals surface area contributed by atoms with E-state index in [-0.39, 0.29) is 23.8 Å². The summed E-state index contributed by atoms with van der Waals surface area (Å²) in [5.41, 5.74) is -0.484. The number of hydrogen-bond donors (Lipinski definition) is 0. The molecule has 15 heavy (non-hydrogen) atoms. The van der Waals surface area contributed by atoms with Gasteiger partial charge in [-0.1, -0.05) is 6.92 Å². The molecule has 1 aliphatic rings. The summed E-state index contributed by atoms with van der Waals surface area (Å²) in [4.78, 5) is 24.2. The van der Waals surface area contributed by atoms with Gasteiger partial charge >= 0.3 is 6.09 Å². The summed E-state index contributed by atoms with van der Waals surface area (Å²) in [6.07, 6.45) is 0.100. The standard InChI is InChI=1S/C11H19NO3/c1-7-8(6-9(7)13)12(5)10(14)15-11(2,3)4/h7-8H,6H2,1-5H3. The lowest BCUT2D eigenvalue weighted by Crippen LogP contribution is -2.53. The maximum absolute atomic E-state index is 11.6. The number of carbonyl (C=O) groups excluding carboxylic acids is 2. The highest BCUT2D eigenvalue weighted by Gasteiger charge is 2.41. The molecule has 4 heteroatoms. The van der Waals surface area contributed by atoms with Crippen LogP contribution in [0.2, 0.25) is 0 Å². The van der Waals surface area contributed by atoms with E-state index in [1.807, 2.05) is 27.7 Å². The smallest absolute Gasteiger partial charge is 0.410 e. The van der Waals surface area contributed by atoms with Crippen molar-refractivity contribution in [3.63, 3.8) is 0 Å². The van der Waals surface area contributed by atoms with E-state index in [9.17, 15) is 9.59 Å². The molecule has 0 N–H and O–H groups in total. The van der Waals surface area contributed by atoms with Crippen LogP contribution in [0.25, 0.3) is 0 Å². The molecule has 86 valence electrons. The molecule has 0 aromatic rings. The normalized spacial score (nSPS) is 25.8. The summed E-state index contributed by atoms with van der Waals surface area (Å²) in [5.74, 6) is 0.165. The summed E-state index contributed by atoms with van der Waals surface area (Å²) in [6.45, 7) is 7.33. The largest absolute Gasteiger partial charge is 0.444 e. The summed E-state index contributed by atoms with van der Waals surface area (Å²) in [7, 11) is 1.68. The second-order valence-corrected chi connectivity index (χ2v) is 5.12. The van der Waals surface area contributed by atoms with E-state index in [2.05, 4.69) is 0 Å². The summed E-state index contributed by atoms with van der Waals surface area (Å²) < 4.78 is 5.22. The van der Waals surface area contributed by atoms with Crippen LogP contribution in [0.3, 0.4) is 0 Å². The van der Waals surface area contributed by atoms with Crippen molar-refractivity contribution >= 4 is 11.9 Å². The van der Waals surface area contributed by atoms with E-state index >= 15 is 0 Å². The second-order valence-electron chi connectivity index (χ2n) is 5.12. The van der Waals surface area contributed by atoms with Crippen LogP contribution in [0.5, 0.6) is 0 Å². The van der Waals surface area contributed by atoms with Crippen molar-refractivity contribution < 1.29 is 14.3 Å². The Labute approximate surface area is 90.6 Å². The molecule has 0 aromatic carbocycles. The third-order valence-electron chi connectivity index (χ3n) is 2.67. The van der Waals surface area contributed by atoms with Crippen LogP contribution < -0.4 is 0 Å². The fraction of sp³-hybridized carbons (Fsp3) is 0.818. The average molecular weight is 213 g/mol. The minimum absolute atomic E-state index is 0.00681. The Morgan fingerprint density at radius 1 is 1.47 bits per heavy atom. The lowest BCUT2D eigenvalue weighted by molar-refractivity contribution is -0.133. The van der Waals surface area contributed by atoms with Crippen LogP contribution in [0.4, 0.5) is 4.79 Å². The molecular weight excluding hydrogens is 194 g/mol. The van der Waals surface area contributed by atoms with Crippen molar-refractivity contribution in [3.8, 4) is 0 Å². The molecule has 2 unspecified atom stereocenters. The molecule has 1 rings (SSSR count). The first-order valence-electron chi connectivity index (χ1n) is 5.21. The van der Waals surface area contributed by atoms with Gasteiger partial charge in [-0.05, 0) is 20.8 Å². The molecule has 0 radical (unpaired) electrons. The van der Waals surface area contributed by atoms with Crippen molar-refractivity contribution in [2.75, 3.05) is 7.05 Å². The highest BCUT2D eigenvalue weighted by atomic mass is 16.6. The van der Waals surface area contributed by atoms with E-state index in [0.717, 1.165) is 0 Å². The number of amides is 1. The third-order valence-corrected chi connectivity index (χ3v) is 2.67. The highest BCUT2D eigenvalue weighted by molar-refractivity contribution is 5.89. The van der Waals surface area contributed by atoms with Crippen molar-refractivity contribution in [1.82, 2.24) is 4.90 Å². The Morgan fingerprint density at radius 2 is 2.00 bits per heavy atom. The topological polar surface area (TPSA) is 46.6 Å². The molecule has 0 aromatic heterocycles. The number of ketones is 1. The van der Waals surface area contributed by atoms with E-state index in [1.54, 1.807) is 7.05 Å². The summed E-state index contributed by atoms with van der Waals surface area (Å²) in [6, 6.07) is 0.00681. The first-order valence-corrected chi connectivity index (χ1v) is 5.21. The molecule has 0 heterocycles. The lowest BCUT2D eigenvalue weighted by Gasteiger charge is -2.39. The van der Waals surface area contributed by atoms with E-state index < -0.39 is 5.60 Å². The van der Waals surface area contributed by atoms with Crippen LogP contribution in [-0.2, 0) is 9.53 Å². The molecular formula is C11H19NO3. The SMILES string of the molecule is CC1C(=O)CC1N(C)C(=O)OC(C)(C)C. The zero-order chi connectivity index (χ0) is 11.8. The minimum atomic E-state index is -0.484. The Hall–Kier alpha value is -1.06. The monoisotopic (exact) mass is 213 g/mol. The Morgan fingerprint density at radius 3 is 2.33 bits per heavy atom. The molecule has 1 saturated carbocycles. The van der Waals surface area contributed by atoms with E-state index in [4.69, 9.17) is 4.74 Å². The molecule has 1 amide bonds. The first-order chi connectivity index (χ1) is 6.72. The highest BCUT2D eigenvalue weighted by Crippen LogP contribution is 2.28. The quantitative estimate of drug-likeness (QED) is 0.667. The fourth-order valence-corrected chi connectivity index (χ4v) is 1.56. The number of ether oxygens (including phenoxy) is 1.